The quantitative estimate of drug-likeness (QED) is 0.0792. The molecule has 0 heterocycles. The van der Waals surface area contributed by atoms with Crippen LogP contribution in [0.15, 0.2) is 0 Å². The summed E-state index contributed by atoms with van der Waals surface area (Å²) < 4.78 is 221. The first-order chi connectivity index (χ1) is 18.7. The van der Waals surface area contributed by atoms with Gasteiger partial charge in [0.05, 0.1) is 18.6 Å². The molecule has 4 bridgehead atoms. The summed E-state index contributed by atoms with van der Waals surface area (Å²) in [6.45, 7) is -1.21. The Kier molecular flexibility index (Phi) is 8.61. The minimum absolute atomic E-state index is 0.0511. The molecule has 0 radical (unpaired) electrons. The number of rotatable bonds is 11. The number of alkyl halides is 16. The highest BCUT2D eigenvalue weighted by molar-refractivity contribution is 7.97. The third kappa shape index (κ3) is 4.89. The van der Waals surface area contributed by atoms with Crippen molar-refractivity contribution >= 4 is 18.0 Å². The molecule has 0 amide bonds. The van der Waals surface area contributed by atoms with Gasteiger partial charge in [0.1, 0.15) is 0 Å². The van der Waals surface area contributed by atoms with Crippen molar-refractivity contribution in [3.8, 4) is 0 Å². The molecule has 4 rings (SSSR count). The lowest BCUT2D eigenvalue weighted by Crippen LogP contribution is -2.76. The fourth-order valence-corrected chi connectivity index (χ4v) is 6.99. The third-order valence-electron chi connectivity index (χ3n) is 7.93. The van der Waals surface area contributed by atoms with Crippen LogP contribution in [0.25, 0.3) is 0 Å². The molecule has 22 heteroatoms. The van der Waals surface area contributed by atoms with Gasteiger partial charge in [-0.3, -0.25) is 0 Å². The van der Waals surface area contributed by atoms with Gasteiger partial charge in [0, 0.05) is 5.41 Å². The molecule has 1 N–H and O–H groups in total. The number of carbonyl (C=O) groups excluding carboxylic acids is 1. The first-order valence-corrected chi connectivity index (χ1v) is 12.3. The van der Waals surface area contributed by atoms with Gasteiger partial charge in [-0.05, 0) is 56.3 Å². The van der Waals surface area contributed by atoms with Crippen LogP contribution in [0.1, 0.15) is 38.5 Å². The molecule has 5 nitrogen and oxygen atoms in total. The number of hydrogen-bond donors (Lipinski definition) is 1. The molecule has 246 valence electrons. The number of hydrogen-bond acceptors (Lipinski definition) is 6. The van der Waals surface area contributed by atoms with Gasteiger partial charge in [0.15, 0.2) is 0 Å². The molecular formula is C20H18F16O5S. The van der Waals surface area contributed by atoms with Crippen LogP contribution in [-0.2, 0) is 18.9 Å². The van der Waals surface area contributed by atoms with E-state index in [1.54, 1.807) is 0 Å². The lowest BCUT2D eigenvalue weighted by atomic mass is 9.50. The van der Waals surface area contributed by atoms with Gasteiger partial charge < -0.3 is 4.74 Å². The first kappa shape index (κ1) is 35.1. The number of esters is 1. The molecule has 0 aromatic rings. The Morgan fingerprint density at radius 3 is 1.38 bits per heavy atom. The predicted octanol–water partition coefficient (Wildman–Crippen LogP) is 7.86. The van der Waals surface area contributed by atoms with E-state index in [4.69, 9.17) is 5.26 Å². The molecule has 1 atom stereocenters. The van der Waals surface area contributed by atoms with E-state index in [-0.39, 0.29) is 37.0 Å². The maximum atomic E-state index is 15.0. The summed E-state index contributed by atoms with van der Waals surface area (Å²) in [5.74, 6) is -45.8. The van der Waals surface area contributed by atoms with E-state index in [1.165, 1.54) is 0 Å². The fourth-order valence-electron chi connectivity index (χ4n) is 6.40. The first-order valence-electron chi connectivity index (χ1n) is 11.5. The van der Waals surface area contributed by atoms with Gasteiger partial charge in [-0.2, -0.15) is 70.2 Å². The molecule has 0 spiro atoms. The Bertz CT molecular complexity index is 994. The Morgan fingerprint density at radius 1 is 0.643 bits per heavy atom. The van der Waals surface area contributed by atoms with Crippen LogP contribution in [-0.4, -0.2) is 64.5 Å². The minimum Gasteiger partial charge on any atom is -0.464 e. The zero-order valence-electron chi connectivity index (χ0n) is 20.2. The Labute approximate surface area is 228 Å². The standard InChI is InChI=1S/C20H18F16O5S/c21-14(22,15(23,24)16(25,26)17(27,28)18(29,30)20(34,35)36)13(19(31,32)33,42-41-40-38)11(37)39-7-12-4-8-1-9(5-12)3-10(2-8)6-12/h8-10,38H,1-7H2. The highest BCUT2D eigenvalue weighted by Crippen LogP contribution is 2.66. The van der Waals surface area contributed by atoms with E-state index in [0.29, 0.717) is 19.3 Å². The molecule has 0 aliphatic heterocycles. The number of halogens is 16. The maximum Gasteiger partial charge on any atom is 0.460 e. The van der Waals surface area contributed by atoms with Crippen molar-refractivity contribution in [2.75, 3.05) is 6.61 Å². The van der Waals surface area contributed by atoms with Crippen LogP contribution in [0.4, 0.5) is 70.2 Å². The lowest BCUT2D eigenvalue weighted by molar-refractivity contribution is -0.447. The van der Waals surface area contributed by atoms with Gasteiger partial charge >= 0.3 is 52.7 Å². The van der Waals surface area contributed by atoms with Crippen molar-refractivity contribution in [2.24, 2.45) is 23.2 Å². The Balaban J connectivity index is 2.09. The molecule has 4 saturated carbocycles. The lowest BCUT2D eigenvalue weighted by Gasteiger charge is -2.56. The van der Waals surface area contributed by atoms with Crippen LogP contribution < -0.4 is 0 Å². The second-order valence-corrected chi connectivity index (χ2v) is 11.7. The zero-order valence-corrected chi connectivity index (χ0v) is 21.0. The molecule has 4 fully saturated rings. The topological polar surface area (TPSA) is 65.0 Å². The van der Waals surface area contributed by atoms with Crippen LogP contribution in [0, 0.1) is 23.2 Å². The predicted molar refractivity (Wildman–Crippen MR) is 104 cm³/mol. The molecule has 0 aromatic carbocycles. The summed E-state index contributed by atoms with van der Waals surface area (Å²) in [7, 11) is 0. The summed E-state index contributed by atoms with van der Waals surface area (Å²) in [5, 5.41) is 10.7. The van der Waals surface area contributed by atoms with E-state index in [0.717, 1.165) is 0 Å². The molecule has 0 aromatic heterocycles. The molecule has 4 aliphatic rings. The summed E-state index contributed by atoms with van der Waals surface area (Å²) in [6, 6.07) is 0. The average molecular weight is 674 g/mol. The van der Waals surface area contributed by atoms with E-state index >= 15 is 8.78 Å². The SMILES string of the molecule is O=C(OCC12CC3CC(CC(C3)C1)C2)C(SOOO)(C(F)(F)F)C(F)(F)C(F)(F)C(F)(F)C(F)(F)C(F)(F)C(F)(F)F. The van der Waals surface area contributed by atoms with Gasteiger partial charge in [0.2, 0.25) is 0 Å². The molecule has 42 heavy (non-hydrogen) atoms. The van der Waals surface area contributed by atoms with E-state index in [2.05, 4.69) is 14.1 Å². The minimum atomic E-state index is -8.65. The van der Waals surface area contributed by atoms with Crippen molar-refractivity contribution < 1.29 is 94.4 Å². The second-order valence-electron chi connectivity index (χ2n) is 10.8. The highest BCUT2D eigenvalue weighted by atomic mass is 32.2. The summed E-state index contributed by atoms with van der Waals surface area (Å²) in [5.41, 5.74) is -1.19. The fraction of sp³-hybridized carbons (Fsp3) is 0.950. The second kappa shape index (κ2) is 10.3. The van der Waals surface area contributed by atoms with E-state index in [9.17, 15) is 66.3 Å². The average Bonchev–Trinajstić information content (AvgIpc) is 2.80. The number of ether oxygens (including phenoxy) is 1. The molecule has 1 unspecified atom stereocenters. The maximum absolute atomic E-state index is 15.0. The Morgan fingerprint density at radius 2 is 1.02 bits per heavy atom. The van der Waals surface area contributed by atoms with Crippen LogP contribution >= 0.6 is 12.0 Å². The van der Waals surface area contributed by atoms with Gasteiger partial charge in [-0.15, -0.1) is 4.33 Å². The van der Waals surface area contributed by atoms with Crippen molar-refractivity contribution in [1.82, 2.24) is 0 Å². The summed E-state index contributed by atoms with van der Waals surface area (Å²) >= 11 is -2.42. The van der Waals surface area contributed by atoms with Gasteiger partial charge in [-0.25, -0.2) is 10.1 Å². The molecule has 4 aliphatic carbocycles. The molecule has 0 saturated heterocycles. The van der Waals surface area contributed by atoms with Crippen LogP contribution in [0.5, 0.6) is 0 Å². The van der Waals surface area contributed by atoms with Crippen molar-refractivity contribution in [1.29, 1.82) is 0 Å². The Hall–Kier alpha value is -1.42. The van der Waals surface area contributed by atoms with Gasteiger partial charge in [-0.1, -0.05) is 5.04 Å². The van der Waals surface area contributed by atoms with Crippen molar-refractivity contribution in [3.05, 3.63) is 0 Å². The third-order valence-corrected chi connectivity index (χ3v) is 8.96. The summed E-state index contributed by atoms with van der Waals surface area (Å²) in [4.78, 5) is 12.6. The monoisotopic (exact) mass is 674 g/mol. The number of carbonyl (C=O) groups is 1. The normalized spacial score (nSPS) is 29.0. The van der Waals surface area contributed by atoms with Gasteiger partial charge in [0.25, 0.3) is 0 Å². The smallest absolute Gasteiger partial charge is 0.460 e. The zero-order chi connectivity index (χ0) is 32.6. The molecular weight excluding hydrogens is 656 g/mol. The van der Waals surface area contributed by atoms with E-state index in [1.807, 2.05) is 0 Å². The summed E-state index contributed by atoms with van der Waals surface area (Å²) in [6.07, 6.45) is -12.7. The van der Waals surface area contributed by atoms with Crippen molar-refractivity contribution in [2.45, 2.75) is 85.2 Å². The van der Waals surface area contributed by atoms with Crippen LogP contribution in [0.3, 0.4) is 0 Å². The van der Waals surface area contributed by atoms with E-state index < -0.39 is 76.7 Å². The largest absolute Gasteiger partial charge is 0.464 e. The van der Waals surface area contributed by atoms with Crippen molar-refractivity contribution in [3.63, 3.8) is 0 Å². The van der Waals surface area contributed by atoms with Crippen LogP contribution in [0.2, 0.25) is 0 Å². The highest BCUT2D eigenvalue weighted by Gasteiger charge is 2.96.